The topological polar surface area (TPSA) is 139 Å². The van der Waals surface area contributed by atoms with Gasteiger partial charge in [0.05, 0.1) is 12.0 Å². The highest BCUT2D eigenvalue weighted by atomic mass is 16.6. The number of ether oxygens (including phenoxy) is 2. The Morgan fingerprint density at radius 2 is 1.64 bits per heavy atom. The van der Waals surface area contributed by atoms with Gasteiger partial charge in [-0.3, -0.25) is 9.59 Å². The molecule has 0 aromatic carbocycles. The number of likely N-dealkylation sites (N-methyl/N-ethyl adjacent to an activating group) is 1. The highest BCUT2D eigenvalue weighted by molar-refractivity contribution is 6.02. The van der Waals surface area contributed by atoms with Crippen LogP contribution in [0.5, 0.6) is 0 Å². The van der Waals surface area contributed by atoms with Crippen LogP contribution < -0.4 is 5.32 Å². The van der Waals surface area contributed by atoms with E-state index < -0.39 is 17.0 Å². The molecule has 0 radical (unpaired) electrons. The van der Waals surface area contributed by atoms with Crippen molar-refractivity contribution < 1.29 is 38.6 Å². The molecule has 5 rings (SSSR count). The van der Waals surface area contributed by atoms with E-state index in [4.69, 9.17) is 14.6 Å². The van der Waals surface area contributed by atoms with E-state index in [0.717, 1.165) is 89.6 Å². The zero-order valence-corrected chi connectivity index (χ0v) is 34.5. The summed E-state index contributed by atoms with van der Waals surface area (Å²) in [6.45, 7) is 19.0. The molecule has 0 aromatic heterocycles. The highest BCUT2D eigenvalue weighted by Crippen LogP contribution is 2.72. The molecule has 10 nitrogen and oxygen atoms in total. The number of alkyl carbamates (subject to hydrolysis) is 1. The molecule has 4 fully saturated rings. The van der Waals surface area contributed by atoms with E-state index >= 15 is 0 Å². The number of Topliss-reactive ketones (excluding diaryl/α,β-unsaturated/α-hetero) is 1. The number of esters is 1. The third-order valence-electron chi connectivity index (χ3n) is 14.6. The summed E-state index contributed by atoms with van der Waals surface area (Å²) in [6, 6.07) is 0. The van der Waals surface area contributed by atoms with Crippen LogP contribution >= 0.6 is 0 Å². The Kier molecular flexibility index (Phi) is 13.5. The number of hydrogen-bond donors (Lipinski definition) is 2. The fourth-order valence-corrected chi connectivity index (χ4v) is 12.3. The number of fused-ring (bicyclic) bond motifs is 7. The predicted octanol–water partition coefficient (Wildman–Crippen LogP) is 7.10. The van der Waals surface area contributed by atoms with Gasteiger partial charge in [-0.1, -0.05) is 55.4 Å². The molecule has 2 N–H and O–H groups in total. The Bertz CT molecular complexity index is 1400. The number of carbonyl (C=O) groups is 5. The molecule has 8 atom stereocenters. The largest absolute Gasteiger partial charge is 0.462 e. The van der Waals surface area contributed by atoms with Crippen LogP contribution in [-0.2, 0) is 28.7 Å². The first-order valence-corrected chi connectivity index (χ1v) is 20.3. The number of amides is 1. The molecule has 1 amide bonds. The van der Waals surface area contributed by atoms with Crippen LogP contribution in [0.2, 0.25) is 0 Å². The lowest BCUT2D eigenvalue weighted by atomic mass is 9.37. The van der Waals surface area contributed by atoms with Crippen molar-refractivity contribution in [3.63, 3.8) is 0 Å². The molecule has 0 saturated heterocycles. The summed E-state index contributed by atoms with van der Waals surface area (Å²) in [5.41, 5.74) is 0.734. The average molecular weight is 743 g/mol. The molecule has 0 aromatic rings. The summed E-state index contributed by atoms with van der Waals surface area (Å²) in [7, 11) is 2.96. The van der Waals surface area contributed by atoms with Crippen molar-refractivity contribution in [2.45, 2.75) is 144 Å². The van der Waals surface area contributed by atoms with Gasteiger partial charge in [-0.05, 0) is 123 Å². The minimum Gasteiger partial charge on any atom is -0.462 e. The number of nitrogens with zero attached hydrogens (tertiary/aromatic N) is 1. The molecule has 0 aliphatic heterocycles. The molecule has 5 aliphatic carbocycles. The minimum atomic E-state index is -0.729. The molecule has 0 spiro atoms. The molecule has 5 aliphatic rings. The first-order chi connectivity index (χ1) is 24.8. The zero-order chi connectivity index (χ0) is 39.6. The maximum atomic E-state index is 13.8. The second-order valence-corrected chi connectivity index (χ2v) is 19.1. The van der Waals surface area contributed by atoms with Gasteiger partial charge in [0, 0.05) is 37.3 Å². The summed E-state index contributed by atoms with van der Waals surface area (Å²) in [6.07, 6.45) is 10.7. The van der Waals surface area contributed by atoms with Gasteiger partial charge in [-0.2, -0.15) is 0 Å². The van der Waals surface area contributed by atoms with E-state index in [1.807, 2.05) is 7.05 Å². The molecule has 0 heterocycles. The van der Waals surface area contributed by atoms with Crippen molar-refractivity contribution in [2.24, 2.45) is 51.2 Å². The summed E-state index contributed by atoms with van der Waals surface area (Å²) in [5.74, 6) is 1.58. The first kappa shape index (κ1) is 43.1. The zero-order valence-electron chi connectivity index (χ0n) is 34.5. The normalized spacial score (nSPS) is 34.5. The quantitative estimate of drug-likeness (QED) is 0.115. The Morgan fingerprint density at radius 1 is 0.962 bits per heavy atom. The van der Waals surface area contributed by atoms with Crippen molar-refractivity contribution in [3.8, 4) is 0 Å². The van der Waals surface area contributed by atoms with E-state index in [1.165, 1.54) is 5.57 Å². The van der Waals surface area contributed by atoms with Crippen molar-refractivity contribution >= 4 is 30.4 Å². The van der Waals surface area contributed by atoms with E-state index in [0.29, 0.717) is 37.1 Å². The third-order valence-corrected chi connectivity index (χ3v) is 14.6. The van der Waals surface area contributed by atoms with Gasteiger partial charge in [-0.25, -0.2) is 4.79 Å². The highest BCUT2D eigenvalue weighted by Gasteiger charge is 2.67. The van der Waals surface area contributed by atoms with Crippen molar-refractivity contribution in [2.75, 3.05) is 33.9 Å². The van der Waals surface area contributed by atoms with Gasteiger partial charge in [0.2, 0.25) is 0 Å². The van der Waals surface area contributed by atoms with Crippen molar-refractivity contribution in [1.29, 1.82) is 0 Å². The van der Waals surface area contributed by atoms with Crippen molar-refractivity contribution in [1.82, 2.24) is 10.2 Å². The van der Waals surface area contributed by atoms with Gasteiger partial charge in [0.1, 0.15) is 25.3 Å². The number of unbranched alkanes of at least 4 members (excludes halogenated alkanes) is 1. The van der Waals surface area contributed by atoms with Gasteiger partial charge in [0.25, 0.3) is 0 Å². The third kappa shape index (κ3) is 8.34. The molecule has 0 bridgehead atoms. The van der Waals surface area contributed by atoms with E-state index in [9.17, 15) is 24.0 Å². The lowest BCUT2D eigenvalue weighted by Crippen LogP contribution is -2.64. The number of allylic oxidation sites excluding steroid dienone is 1. The van der Waals surface area contributed by atoms with Crippen LogP contribution in [0.15, 0.2) is 11.1 Å². The number of rotatable bonds is 13. The van der Waals surface area contributed by atoms with Crippen molar-refractivity contribution in [3.05, 3.63) is 11.1 Å². The summed E-state index contributed by atoms with van der Waals surface area (Å²) in [5, 5.41) is 10.3. The standard InChI is InChI=1S/C42H66N2O7.CH4O/c1-27(2)35-30(47)24-42(43-37(49)50-23-21-44(9)20-10-11-22-45)19-14-29-28(36(35)42)12-13-32-40(29,7)17-15-31-39(5,6)33(16-18-41(31,32)8)51-34(48)25-38(3,4)26-46;1-2/h22,26-29,31-33H,10-21,23-25H2,1-9H3,(H,43,49);2H,1H3. The number of aliphatic hydroxyl groups is 1. The summed E-state index contributed by atoms with van der Waals surface area (Å²) in [4.78, 5) is 64.4. The van der Waals surface area contributed by atoms with E-state index in [2.05, 4.69) is 51.8 Å². The molecule has 4 saturated carbocycles. The molecule has 10 heteroatoms. The Morgan fingerprint density at radius 3 is 2.28 bits per heavy atom. The monoisotopic (exact) mass is 743 g/mol. The van der Waals surface area contributed by atoms with E-state index in [1.54, 1.807) is 13.8 Å². The lowest BCUT2D eigenvalue weighted by Gasteiger charge is -2.68. The maximum absolute atomic E-state index is 13.8. The lowest BCUT2D eigenvalue weighted by molar-refractivity contribution is -0.213. The van der Waals surface area contributed by atoms with Gasteiger partial charge in [-0.15, -0.1) is 0 Å². The first-order valence-electron chi connectivity index (χ1n) is 20.3. The number of aldehydes is 2. The SMILES string of the molecule is CC(C)C1=C2C3CCC4C(C)(CCC5C(C)(C)C(OC(=O)CC(C)(C)C=O)CCC54C)C3CCC2(NC(=O)OCCN(C)CCCC=O)CC1=O.CO. The number of aliphatic hydroxyl groups excluding tert-OH is 1. The van der Waals surface area contributed by atoms with E-state index in [-0.39, 0.29) is 59.0 Å². The Balaban J connectivity index is 0.00000308. The van der Waals surface area contributed by atoms with Gasteiger partial charge >= 0.3 is 12.1 Å². The number of hydrogen-bond acceptors (Lipinski definition) is 9. The number of ketones is 1. The maximum Gasteiger partial charge on any atom is 0.407 e. The smallest absolute Gasteiger partial charge is 0.407 e. The van der Waals surface area contributed by atoms with Crippen LogP contribution in [0.1, 0.15) is 132 Å². The second-order valence-electron chi connectivity index (χ2n) is 19.1. The molecular weight excluding hydrogens is 672 g/mol. The molecule has 300 valence electrons. The van der Waals surface area contributed by atoms with Crippen LogP contribution in [0.4, 0.5) is 4.79 Å². The van der Waals surface area contributed by atoms with Crippen LogP contribution in [0.25, 0.3) is 0 Å². The molecule has 53 heavy (non-hydrogen) atoms. The minimum absolute atomic E-state index is 0.0839. The molecular formula is C43H70N2O8. The number of nitrogens with one attached hydrogen (secondary N) is 1. The second kappa shape index (κ2) is 16.6. The van der Waals surface area contributed by atoms with Crippen LogP contribution in [0, 0.1) is 51.2 Å². The number of carbonyl (C=O) groups excluding carboxylic acids is 5. The fourth-order valence-electron chi connectivity index (χ4n) is 12.3. The summed E-state index contributed by atoms with van der Waals surface area (Å²) >= 11 is 0. The van der Waals surface area contributed by atoms with Gasteiger partial charge in [0.15, 0.2) is 5.78 Å². The fraction of sp³-hybridized carbons (Fsp3) is 0.837. The Hall–Kier alpha value is -2.59. The van der Waals surface area contributed by atoms with Crippen LogP contribution in [-0.4, -0.2) is 85.9 Å². The molecule has 8 unspecified atom stereocenters. The predicted molar refractivity (Wildman–Crippen MR) is 205 cm³/mol. The summed E-state index contributed by atoms with van der Waals surface area (Å²) < 4.78 is 11.9. The van der Waals surface area contributed by atoms with Crippen LogP contribution in [0.3, 0.4) is 0 Å². The Labute approximate surface area is 318 Å². The van der Waals surface area contributed by atoms with Gasteiger partial charge < -0.3 is 34.4 Å². The average Bonchev–Trinajstić information content (AvgIpc) is 3.38.